The average Bonchev–Trinajstić information content (AvgIpc) is 3.12. The number of methoxy groups -OCH3 is 1. The van der Waals surface area contributed by atoms with Gasteiger partial charge in [0.05, 0.1) is 13.3 Å². The number of nitrogens with one attached hydrogen (secondary N) is 1. The van der Waals surface area contributed by atoms with Gasteiger partial charge >= 0.3 is 0 Å². The van der Waals surface area contributed by atoms with Crippen molar-refractivity contribution in [2.24, 2.45) is 5.10 Å². The topological polar surface area (TPSA) is 55.6 Å². The van der Waals surface area contributed by atoms with Gasteiger partial charge in [-0.15, -0.1) is 0 Å². The maximum atomic E-state index is 12.4. The zero-order valence-corrected chi connectivity index (χ0v) is 21.1. The third-order valence-corrected chi connectivity index (χ3v) is 6.57. The van der Waals surface area contributed by atoms with Crippen molar-refractivity contribution in [2.75, 3.05) is 7.11 Å². The summed E-state index contributed by atoms with van der Waals surface area (Å²) in [7, 11) is 1.66. The van der Waals surface area contributed by atoms with Gasteiger partial charge in [-0.05, 0) is 73.7 Å². The first-order chi connectivity index (χ1) is 17.0. The molecule has 6 heteroatoms. The first-order valence-corrected chi connectivity index (χ1v) is 12.1. The lowest BCUT2D eigenvalue weighted by atomic mass is 10.0. The van der Waals surface area contributed by atoms with Crippen LogP contribution >= 0.6 is 11.6 Å². The summed E-state index contributed by atoms with van der Waals surface area (Å²) >= 11 is 6.05. The van der Waals surface area contributed by atoms with Crippen LogP contribution in [0.5, 0.6) is 5.75 Å². The predicted octanol–water partition coefficient (Wildman–Crippen LogP) is 6.44. The predicted molar refractivity (Wildman–Crippen MR) is 144 cm³/mol. The molecule has 1 amide bonds. The van der Waals surface area contributed by atoms with Crippen LogP contribution in [0.1, 0.15) is 40.8 Å². The molecule has 0 saturated heterocycles. The van der Waals surface area contributed by atoms with Crippen LogP contribution in [0.4, 0.5) is 0 Å². The largest absolute Gasteiger partial charge is 0.497 e. The normalized spacial score (nSPS) is 11.3. The Morgan fingerprint density at radius 3 is 2.60 bits per heavy atom. The summed E-state index contributed by atoms with van der Waals surface area (Å²) < 4.78 is 7.52. The van der Waals surface area contributed by atoms with E-state index in [2.05, 4.69) is 47.1 Å². The molecule has 0 aliphatic heterocycles. The molecule has 5 nitrogen and oxygen atoms in total. The number of benzene rings is 3. The third kappa shape index (κ3) is 5.92. The van der Waals surface area contributed by atoms with Crippen LogP contribution in [-0.2, 0) is 17.8 Å². The second-order valence-electron chi connectivity index (χ2n) is 8.67. The van der Waals surface area contributed by atoms with Gasteiger partial charge in [0.2, 0.25) is 5.91 Å². The molecule has 4 rings (SSSR count). The van der Waals surface area contributed by atoms with Gasteiger partial charge < -0.3 is 9.30 Å². The monoisotopic (exact) mass is 487 g/mol. The molecule has 0 atom stereocenters. The fraction of sp³-hybridized carbons (Fsp3) is 0.241. The molecule has 0 unspecified atom stereocenters. The maximum Gasteiger partial charge on any atom is 0.240 e. The molecular formula is C29H30ClN3O2. The highest BCUT2D eigenvalue weighted by atomic mass is 35.5. The summed E-state index contributed by atoms with van der Waals surface area (Å²) in [6.07, 6.45) is 3.76. The molecule has 4 aromatic rings. The van der Waals surface area contributed by atoms with Gasteiger partial charge in [0.15, 0.2) is 0 Å². The zero-order chi connectivity index (χ0) is 24.8. The van der Waals surface area contributed by atoms with Gasteiger partial charge in [0.25, 0.3) is 0 Å². The molecule has 0 radical (unpaired) electrons. The summed E-state index contributed by atoms with van der Waals surface area (Å²) in [5.41, 5.74) is 9.49. The van der Waals surface area contributed by atoms with Gasteiger partial charge in [-0.3, -0.25) is 4.79 Å². The zero-order valence-electron chi connectivity index (χ0n) is 20.3. The molecule has 0 aliphatic rings. The van der Waals surface area contributed by atoms with E-state index in [0.29, 0.717) is 6.42 Å². The Hall–Kier alpha value is -3.57. The van der Waals surface area contributed by atoms with Crippen LogP contribution in [0.15, 0.2) is 71.8 Å². The number of hydrogen-bond acceptors (Lipinski definition) is 3. The molecule has 0 bridgehead atoms. The standard InChI is InChI=1S/C29H30ClN3O2/c1-20-17-25(35-3)16-13-23(20)7-6-10-29(34)32-31-18-27-21(2)33(28-9-5-4-8-26(27)28)19-22-11-14-24(30)15-12-22/h4-5,8-9,11-18H,6-7,10,19H2,1-3H3,(H,32,34)/b31-18-. The van der Waals surface area contributed by atoms with Crippen molar-refractivity contribution in [1.29, 1.82) is 0 Å². The van der Waals surface area contributed by atoms with Crippen molar-refractivity contribution >= 4 is 34.6 Å². The Balaban J connectivity index is 1.40. The minimum Gasteiger partial charge on any atom is -0.497 e. The van der Waals surface area contributed by atoms with Gasteiger partial charge in [-0.1, -0.05) is 48.0 Å². The number of carbonyl (C=O) groups excluding carboxylic acids is 1. The fourth-order valence-corrected chi connectivity index (χ4v) is 4.46. The number of ether oxygens (including phenoxy) is 1. The van der Waals surface area contributed by atoms with E-state index in [-0.39, 0.29) is 5.91 Å². The van der Waals surface area contributed by atoms with Crippen molar-refractivity contribution < 1.29 is 9.53 Å². The van der Waals surface area contributed by atoms with E-state index in [9.17, 15) is 4.79 Å². The SMILES string of the molecule is COc1ccc(CCCC(=O)N/N=C\c2c(C)n(Cc3ccc(Cl)cc3)c3ccccc23)c(C)c1. The van der Waals surface area contributed by atoms with Gasteiger partial charge in [-0.2, -0.15) is 5.10 Å². The summed E-state index contributed by atoms with van der Waals surface area (Å²) in [5.74, 6) is 0.762. The summed E-state index contributed by atoms with van der Waals surface area (Å²) in [6.45, 7) is 4.87. The third-order valence-electron chi connectivity index (χ3n) is 6.32. The minimum atomic E-state index is -0.0880. The highest BCUT2D eigenvalue weighted by Gasteiger charge is 2.13. The van der Waals surface area contributed by atoms with Crippen molar-refractivity contribution in [2.45, 2.75) is 39.7 Å². The number of hydrogen-bond donors (Lipinski definition) is 1. The number of amides is 1. The Labute approximate surface area is 211 Å². The molecule has 1 N–H and O–H groups in total. The average molecular weight is 488 g/mol. The molecular weight excluding hydrogens is 458 g/mol. The Kier molecular flexibility index (Phi) is 7.88. The van der Waals surface area contributed by atoms with E-state index in [1.807, 2.05) is 48.5 Å². The Bertz CT molecular complexity index is 1360. The lowest BCUT2D eigenvalue weighted by Gasteiger charge is -2.09. The van der Waals surface area contributed by atoms with Crippen molar-refractivity contribution in [1.82, 2.24) is 9.99 Å². The lowest BCUT2D eigenvalue weighted by Crippen LogP contribution is -2.17. The number of aromatic nitrogens is 1. The number of para-hydroxylation sites is 1. The summed E-state index contributed by atoms with van der Waals surface area (Å²) in [6, 6.07) is 22.2. The molecule has 3 aromatic carbocycles. The fourth-order valence-electron chi connectivity index (χ4n) is 4.34. The first-order valence-electron chi connectivity index (χ1n) is 11.7. The molecule has 0 spiro atoms. The molecule has 0 saturated carbocycles. The molecule has 0 aliphatic carbocycles. The van der Waals surface area contributed by atoms with Gasteiger partial charge in [0.1, 0.15) is 5.75 Å². The minimum absolute atomic E-state index is 0.0880. The van der Waals surface area contributed by atoms with Crippen LogP contribution < -0.4 is 10.2 Å². The van der Waals surface area contributed by atoms with E-state index in [1.165, 1.54) is 16.7 Å². The van der Waals surface area contributed by atoms with E-state index in [4.69, 9.17) is 16.3 Å². The van der Waals surface area contributed by atoms with E-state index in [0.717, 1.165) is 52.3 Å². The van der Waals surface area contributed by atoms with Crippen LogP contribution in [0.25, 0.3) is 10.9 Å². The second-order valence-corrected chi connectivity index (χ2v) is 9.10. The van der Waals surface area contributed by atoms with Crippen LogP contribution in [0.3, 0.4) is 0 Å². The number of halogens is 1. The van der Waals surface area contributed by atoms with Crippen LogP contribution in [0, 0.1) is 13.8 Å². The quantitative estimate of drug-likeness (QED) is 0.218. The number of carbonyl (C=O) groups is 1. The van der Waals surface area contributed by atoms with Crippen molar-refractivity contribution in [3.8, 4) is 5.75 Å². The number of hydrazone groups is 1. The maximum absolute atomic E-state index is 12.4. The first kappa shape index (κ1) is 24.6. The lowest BCUT2D eigenvalue weighted by molar-refractivity contribution is -0.121. The Morgan fingerprint density at radius 1 is 1.09 bits per heavy atom. The van der Waals surface area contributed by atoms with E-state index >= 15 is 0 Å². The Morgan fingerprint density at radius 2 is 1.86 bits per heavy atom. The smallest absolute Gasteiger partial charge is 0.240 e. The molecule has 35 heavy (non-hydrogen) atoms. The van der Waals surface area contributed by atoms with E-state index < -0.39 is 0 Å². The van der Waals surface area contributed by atoms with Crippen molar-refractivity contribution in [3.63, 3.8) is 0 Å². The van der Waals surface area contributed by atoms with Crippen LogP contribution in [0.2, 0.25) is 5.02 Å². The number of nitrogens with zero attached hydrogens (tertiary/aromatic N) is 2. The summed E-state index contributed by atoms with van der Waals surface area (Å²) in [4.78, 5) is 12.4. The highest BCUT2D eigenvalue weighted by molar-refractivity contribution is 6.30. The molecule has 1 aromatic heterocycles. The number of rotatable bonds is 9. The van der Waals surface area contributed by atoms with Crippen molar-refractivity contribution in [3.05, 3.63) is 99.7 Å². The van der Waals surface area contributed by atoms with Gasteiger partial charge in [-0.25, -0.2) is 5.43 Å². The van der Waals surface area contributed by atoms with Crippen LogP contribution in [-0.4, -0.2) is 23.8 Å². The molecule has 1 heterocycles. The van der Waals surface area contributed by atoms with E-state index in [1.54, 1.807) is 13.3 Å². The van der Waals surface area contributed by atoms with Gasteiger partial charge in [0, 0.05) is 40.1 Å². The number of fused-ring (bicyclic) bond motifs is 1. The molecule has 0 fully saturated rings. The summed E-state index contributed by atoms with van der Waals surface area (Å²) in [5, 5.41) is 6.11. The highest BCUT2D eigenvalue weighted by Crippen LogP contribution is 2.26. The second kappa shape index (κ2) is 11.2. The number of aryl methyl sites for hydroxylation is 2. The molecule has 180 valence electrons.